The lowest BCUT2D eigenvalue weighted by Crippen LogP contribution is -1.93. The summed E-state index contributed by atoms with van der Waals surface area (Å²) in [7, 11) is 1.66. The third-order valence-electron chi connectivity index (χ3n) is 4.36. The summed E-state index contributed by atoms with van der Waals surface area (Å²) in [5, 5.41) is 11.7. The second-order valence-corrected chi connectivity index (χ2v) is 7.09. The highest BCUT2D eigenvalue weighted by atomic mass is 32.1. The third-order valence-corrected chi connectivity index (χ3v) is 5.32. The molecular weight excluding hydrogens is 350 g/mol. The zero-order chi connectivity index (χ0) is 18.3. The van der Waals surface area contributed by atoms with Gasteiger partial charge in [-0.3, -0.25) is 10.1 Å². The molecule has 0 bridgehead atoms. The largest absolute Gasteiger partial charge is 0.497 e. The molecule has 0 radical (unpaired) electrons. The average molecular weight is 365 g/mol. The third kappa shape index (κ3) is 2.86. The number of nitro benzene ring substituents is 1. The zero-order valence-electron chi connectivity index (χ0n) is 14.2. The first-order valence-corrected chi connectivity index (χ1v) is 8.83. The smallest absolute Gasteiger partial charge is 0.272 e. The number of ether oxygens (including phenoxy) is 1. The van der Waals surface area contributed by atoms with Crippen molar-refractivity contribution in [3.8, 4) is 17.0 Å². The van der Waals surface area contributed by atoms with E-state index in [0.29, 0.717) is 16.3 Å². The number of nitrogens with zero attached hydrogens (tertiary/aromatic N) is 3. The molecule has 1 aromatic heterocycles. The van der Waals surface area contributed by atoms with Crippen molar-refractivity contribution in [1.82, 2.24) is 4.98 Å². The summed E-state index contributed by atoms with van der Waals surface area (Å²) in [6.45, 7) is 1.72. The van der Waals surface area contributed by atoms with Crippen LogP contribution in [0.2, 0.25) is 0 Å². The number of hydrogen-bond donors (Lipinski definition) is 0. The Labute approximate surface area is 154 Å². The fraction of sp³-hybridized carbons (Fsp3) is 0.158. The molecule has 3 aromatic rings. The van der Waals surface area contributed by atoms with E-state index in [1.165, 1.54) is 16.5 Å². The minimum Gasteiger partial charge on any atom is -0.497 e. The van der Waals surface area contributed by atoms with Crippen LogP contribution in [0.25, 0.3) is 11.3 Å². The van der Waals surface area contributed by atoms with E-state index in [1.54, 1.807) is 37.7 Å². The van der Waals surface area contributed by atoms with E-state index in [9.17, 15) is 10.1 Å². The first-order chi connectivity index (χ1) is 12.5. The monoisotopic (exact) mass is 365 g/mol. The SMILES string of the molecule is COc1ccc2c(c1)Cc1sc(N=Cc3ccc(C)c([N+](=O)[O-])c3)nc1-2. The lowest BCUT2D eigenvalue weighted by molar-refractivity contribution is -0.385. The normalized spacial score (nSPS) is 12.2. The number of methoxy groups -OCH3 is 1. The highest BCUT2D eigenvalue weighted by molar-refractivity contribution is 7.15. The highest BCUT2D eigenvalue weighted by Crippen LogP contribution is 2.42. The summed E-state index contributed by atoms with van der Waals surface area (Å²) < 4.78 is 5.27. The predicted octanol–water partition coefficient (Wildman–Crippen LogP) is 4.69. The lowest BCUT2D eigenvalue weighted by Gasteiger charge is -2.03. The molecule has 0 N–H and O–H groups in total. The van der Waals surface area contributed by atoms with Crippen LogP contribution in [-0.2, 0) is 6.42 Å². The number of aryl methyl sites for hydroxylation is 1. The van der Waals surface area contributed by atoms with E-state index in [-0.39, 0.29) is 10.6 Å². The van der Waals surface area contributed by atoms with Crippen molar-refractivity contribution in [2.45, 2.75) is 13.3 Å². The quantitative estimate of drug-likeness (QED) is 0.299. The van der Waals surface area contributed by atoms with Gasteiger partial charge in [-0.05, 0) is 36.2 Å². The highest BCUT2D eigenvalue weighted by Gasteiger charge is 2.23. The van der Waals surface area contributed by atoms with Gasteiger partial charge in [0.1, 0.15) is 5.75 Å². The van der Waals surface area contributed by atoms with Gasteiger partial charge in [0.2, 0.25) is 5.13 Å². The summed E-state index contributed by atoms with van der Waals surface area (Å²) in [6, 6.07) is 11.1. The Kier molecular flexibility index (Phi) is 4.00. The van der Waals surface area contributed by atoms with Gasteiger partial charge in [0.25, 0.3) is 5.69 Å². The number of rotatable bonds is 4. The summed E-state index contributed by atoms with van der Waals surface area (Å²) in [6.07, 6.45) is 2.44. The average Bonchev–Trinajstić information content (AvgIpc) is 3.17. The maximum absolute atomic E-state index is 11.0. The molecule has 0 saturated carbocycles. The first-order valence-electron chi connectivity index (χ1n) is 8.01. The van der Waals surface area contributed by atoms with Crippen LogP contribution < -0.4 is 4.74 Å². The van der Waals surface area contributed by atoms with Gasteiger partial charge < -0.3 is 4.74 Å². The van der Waals surface area contributed by atoms with E-state index >= 15 is 0 Å². The molecule has 0 unspecified atom stereocenters. The Morgan fingerprint density at radius 3 is 2.92 bits per heavy atom. The van der Waals surface area contributed by atoms with Crippen LogP contribution in [0.15, 0.2) is 41.4 Å². The molecule has 2 aromatic carbocycles. The van der Waals surface area contributed by atoms with Gasteiger partial charge in [0.05, 0.1) is 17.7 Å². The van der Waals surface area contributed by atoms with E-state index in [0.717, 1.165) is 23.4 Å². The van der Waals surface area contributed by atoms with Crippen LogP contribution in [0.5, 0.6) is 5.75 Å². The Balaban J connectivity index is 1.61. The van der Waals surface area contributed by atoms with Crippen molar-refractivity contribution in [2.75, 3.05) is 7.11 Å². The first kappa shape index (κ1) is 16.4. The van der Waals surface area contributed by atoms with Crippen LogP contribution >= 0.6 is 11.3 Å². The fourth-order valence-corrected chi connectivity index (χ4v) is 3.95. The molecule has 1 aliphatic carbocycles. The van der Waals surface area contributed by atoms with Crippen LogP contribution in [0.4, 0.5) is 10.8 Å². The summed E-state index contributed by atoms with van der Waals surface area (Å²) in [5.41, 5.74) is 4.70. The number of fused-ring (bicyclic) bond motifs is 3. The number of hydrogen-bond acceptors (Lipinski definition) is 6. The maximum atomic E-state index is 11.0. The number of aromatic nitrogens is 1. The van der Waals surface area contributed by atoms with Crippen molar-refractivity contribution in [1.29, 1.82) is 0 Å². The van der Waals surface area contributed by atoms with Gasteiger partial charge in [0, 0.05) is 34.7 Å². The van der Waals surface area contributed by atoms with Crippen molar-refractivity contribution >= 4 is 28.4 Å². The molecule has 0 amide bonds. The second-order valence-electron chi connectivity index (χ2n) is 6.03. The molecule has 0 atom stereocenters. The number of aliphatic imine (C=N–C) groups is 1. The lowest BCUT2D eigenvalue weighted by atomic mass is 10.1. The van der Waals surface area contributed by atoms with Crippen molar-refractivity contribution < 1.29 is 9.66 Å². The molecule has 0 spiro atoms. The van der Waals surface area contributed by atoms with Gasteiger partial charge in [-0.2, -0.15) is 0 Å². The van der Waals surface area contributed by atoms with E-state index in [2.05, 4.69) is 9.98 Å². The van der Waals surface area contributed by atoms with Crippen LogP contribution in [0.3, 0.4) is 0 Å². The summed E-state index contributed by atoms with van der Waals surface area (Å²) in [5.74, 6) is 0.845. The van der Waals surface area contributed by atoms with Crippen molar-refractivity contribution in [2.24, 2.45) is 4.99 Å². The van der Waals surface area contributed by atoms with E-state index in [4.69, 9.17) is 4.74 Å². The molecular formula is C19H15N3O3S. The summed E-state index contributed by atoms with van der Waals surface area (Å²) in [4.78, 5) is 20.9. The van der Waals surface area contributed by atoms with Gasteiger partial charge >= 0.3 is 0 Å². The Hall–Kier alpha value is -3.06. The van der Waals surface area contributed by atoms with Crippen molar-refractivity contribution in [3.63, 3.8) is 0 Å². The number of thiazole rings is 1. The van der Waals surface area contributed by atoms with Crippen LogP contribution in [-0.4, -0.2) is 23.2 Å². The van der Waals surface area contributed by atoms with Gasteiger partial charge in [-0.25, -0.2) is 9.98 Å². The minimum atomic E-state index is -0.379. The van der Waals surface area contributed by atoms with Crippen LogP contribution in [0.1, 0.15) is 21.6 Å². The molecule has 0 aliphatic heterocycles. The maximum Gasteiger partial charge on any atom is 0.272 e. The fourth-order valence-electron chi connectivity index (χ4n) is 3.01. The van der Waals surface area contributed by atoms with E-state index in [1.807, 2.05) is 24.3 Å². The topological polar surface area (TPSA) is 77.6 Å². The molecule has 130 valence electrons. The van der Waals surface area contributed by atoms with Gasteiger partial charge in [-0.15, -0.1) is 0 Å². The standard InChI is InChI=1S/C19H15N3O3S/c1-11-3-4-12(7-16(11)22(23)24)10-20-19-21-18-15-6-5-14(25-2)8-13(15)9-17(18)26-19/h3-8,10H,9H2,1-2H3. The molecule has 7 heteroatoms. The van der Waals surface area contributed by atoms with Crippen LogP contribution in [0, 0.1) is 17.0 Å². The summed E-state index contributed by atoms with van der Waals surface area (Å²) >= 11 is 1.54. The van der Waals surface area contributed by atoms with Crippen molar-refractivity contribution in [3.05, 3.63) is 68.1 Å². The number of benzene rings is 2. The second kappa shape index (κ2) is 6.34. The molecule has 4 rings (SSSR count). The predicted molar refractivity (Wildman–Crippen MR) is 102 cm³/mol. The molecule has 6 nitrogen and oxygen atoms in total. The van der Waals surface area contributed by atoms with Gasteiger partial charge in [0.15, 0.2) is 0 Å². The molecule has 0 fully saturated rings. The Morgan fingerprint density at radius 1 is 1.31 bits per heavy atom. The Bertz CT molecular complexity index is 1060. The minimum absolute atomic E-state index is 0.0958. The zero-order valence-corrected chi connectivity index (χ0v) is 15.0. The molecule has 1 heterocycles. The number of nitro groups is 1. The molecule has 0 saturated heterocycles. The van der Waals surface area contributed by atoms with Gasteiger partial charge in [-0.1, -0.05) is 23.5 Å². The van der Waals surface area contributed by atoms with E-state index < -0.39 is 0 Å². The molecule has 1 aliphatic rings. The Morgan fingerprint density at radius 2 is 2.15 bits per heavy atom. The molecule has 26 heavy (non-hydrogen) atoms.